The van der Waals surface area contributed by atoms with Crippen LogP contribution in [-0.4, -0.2) is 36.2 Å². The number of hydrogen-bond acceptors (Lipinski definition) is 3. The molecule has 1 amide bonds. The highest BCUT2D eigenvalue weighted by Crippen LogP contribution is 2.40. The quantitative estimate of drug-likeness (QED) is 0.764. The normalized spacial score (nSPS) is 26.2. The number of β-amino-alcohol motifs (C(OH)–C–C–N with tert-alkyl or cyclic N) is 1. The number of aliphatic hydroxyl groups is 1. The second-order valence-electron chi connectivity index (χ2n) is 6.79. The van der Waals surface area contributed by atoms with E-state index >= 15 is 0 Å². The van der Waals surface area contributed by atoms with E-state index in [-0.39, 0.29) is 24.4 Å². The van der Waals surface area contributed by atoms with Crippen LogP contribution in [0.4, 0.5) is 0 Å². The van der Waals surface area contributed by atoms with Gasteiger partial charge in [0.05, 0.1) is 17.6 Å². The molecule has 4 nitrogen and oxygen atoms in total. The van der Waals surface area contributed by atoms with Gasteiger partial charge in [-0.25, -0.2) is 0 Å². The van der Waals surface area contributed by atoms with Crippen molar-refractivity contribution in [3.63, 3.8) is 0 Å². The molecule has 2 atom stereocenters. The van der Waals surface area contributed by atoms with Crippen molar-refractivity contribution in [2.75, 3.05) is 13.1 Å². The topological polar surface area (TPSA) is 61.4 Å². The Morgan fingerprint density at radius 3 is 2.50 bits per heavy atom. The molecule has 2 fully saturated rings. The van der Waals surface area contributed by atoms with E-state index in [2.05, 4.69) is 10.6 Å². The van der Waals surface area contributed by atoms with Crippen LogP contribution in [0.15, 0.2) is 24.3 Å². The van der Waals surface area contributed by atoms with Crippen molar-refractivity contribution in [3.05, 3.63) is 34.9 Å². The molecule has 0 radical (unpaired) electrons. The highest BCUT2D eigenvalue weighted by atomic mass is 35.5. The number of halogens is 2. The summed E-state index contributed by atoms with van der Waals surface area (Å²) in [5.41, 5.74) is 0.565. The van der Waals surface area contributed by atoms with E-state index in [4.69, 9.17) is 11.6 Å². The average Bonchev–Trinajstić information content (AvgIpc) is 2.58. The Hall–Kier alpha value is -0.810. The summed E-state index contributed by atoms with van der Waals surface area (Å²) < 4.78 is 0. The predicted octanol–water partition coefficient (Wildman–Crippen LogP) is 2.80. The lowest BCUT2D eigenvalue weighted by Gasteiger charge is -2.39. The molecule has 2 aliphatic rings. The van der Waals surface area contributed by atoms with E-state index in [0.717, 1.165) is 44.2 Å². The van der Waals surface area contributed by atoms with Gasteiger partial charge < -0.3 is 15.7 Å². The Balaban J connectivity index is 0.00000208. The summed E-state index contributed by atoms with van der Waals surface area (Å²) in [5, 5.41) is 17.1. The fourth-order valence-electron chi connectivity index (χ4n) is 3.89. The minimum Gasteiger partial charge on any atom is -0.390 e. The molecular formula is C18H26Cl2N2O2. The van der Waals surface area contributed by atoms with Gasteiger partial charge in [0.25, 0.3) is 0 Å². The van der Waals surface area contributed by atoms with Crippen LogP contribution in [0.5, 0.6) is 0 Å². The van der Waals surface area contributed by atoms with Crippen LogP contribution in [0.1, 0.15) is 44.1 Å². The maximum Gasteiger partial charge on any atom is 0.230 e. The molecule has 3 rings (SSSR count). The van der Waals surface area contributed by atoms with E-state index in [1.54, 1.807) is 0 Å². The van der Waals surface area contributed by atoms with Gasteiger partial charge in [-0.1, -0.05) is 43.0 Å². The minimum absolute atomic E-state index is 0. The van der Waals surface area contributed by atoms with Gasteiger partial charge in [-0.05, 0) is 43.5 Å². The third-order valence-electron chi connectivity index (χ3n) is 5.31. The molecule has 24 heavy (non-hydrogen) atoms. The van der Waals surface area contributed by atoms with Gasteiger partial charge >= 0.3 is 0 Å². The van der Waals surface area contributed by atoms with Crippen LogP contribution in [0.2, 0.25) is 5.02 Å². The van der Waals surface area contributed by atoms with Crippen molar-refractivity contribution in [1.82, 2.24) is 10.6 Å². The number of nitrogens with one attached hydrogen (secondary N) is 2. The molecule has 0 spiro atoms. The molecule has 3 N–H and O–H groups in total. The summed E-state index contributed by atoms with van der Waals surface area (Å²) in [4.78, 5) is 13.1. The van der Waals surface area contributed by atoms with Gasteiger partial charge in [0.2, 0.25) is 5.91 Å². The van der Waals surface area contributed by atoms with Crippen molar-refractivity contribution < 1.29 is 9.90 Å². The summed E-state index contributed by atoms with van der Waals surface area (Å²) in [6.07, 6.45) is 5.28. The lowest BCUT2D eigenvalue weighted by molar-refractivity contribution is -0.130. The molecule has 1 heterocycles. The molecule has 0 unspecified atom stereocenters. The number of rotatable bonds is 3. The molecule has 0 bridgehead atoms. The predicted molar refractivity (Wildman–Crippen MR) is 98.9 cm³/mol. The summed E-state index contributed by atoms with van der Waals surface area (Å²) >= 11 is 6.01. The molecule has 1 aliphatic heterocycles. The number of piperidine rings is 1. The number of aliphatic hydroxyl groups excluding tert-OH is 1. The van der Waals surface area contributed by atoms with Gasteiger partial charge in [-0.3, -0.25) is 4.79 Å². The van der Waals surface area contributed by atoms with Gasteiger partial charge in [0.15, 0.2) is 0 Å². The molecule has 6 heteroatoms. The first-order chi connectivity index (χ1) is 11.1. The lowest BCUT2D eigenvalue weighted by Crippen LogP contribution is -2.57. The summed E-state index contributed by atoms with van der Waals surface area (Å²) in [5.74, 6) is 0.0606. The second kappa shape index (κ2) is 8.52. The van der Waals surface area contributed by atoms with Crippen molar-refractivity contribution in [2.24, 2.45) is 0 Å². The van der Waals surface area contributed by atoms with Crippen molar-refractivity contribution >= 4 is 29.9 Å². The molecule has 1 saturated carbocycles. The molecule has 0 aromatic heterocycles. The first-order valence-electron chi connectivity index (χ1n) is 8.58. The van der Waals surface area contributed by atoms with Gasteiger partial charge in [-0.2, -0.15) is 0 Å². The SMILES string of the molecule is Cl.O=C(N[C@@H]1CCNC[C@H]1O)C1(c2ccc(Cl)cc2)CCCCC1. The average molecular weight is 373 g/mol. The Morgan fingerprint density at radius 1 is 1.21 bits per heavy atom. The van der Waals surface area contributed by atoms with Crippen LogP contribution in [0, 0.1) is 0 Å². The largest absolute Gasteiger partial charge is 0.390 e. The van der Waals surface area contributed by atoms with Gasteiger partial charge in [-0.15, -0.1) is 12.4 Å². The lowest BCUT2D eigenvalue weighted by atomic mass is 9.68. The van der Waals surface area contributed by atoms with E-state index in [0.29, 0.717) is 11.6 Å². The third kappa shape index (κ3) is 4.05. The summed E-state index contributed by atoms with van der Waals surface area (Å²) in [6, 6.07) is 7.52. The van der Waals surface area contributed by atoms with E-state index in [1.165, 1.54) is 6.42 Å². The smallest absolute Gasteiger partial charge is 0.230 e. The molecule has 134 valence electrons. The first-order valence-corrected chi connectivity index (χ1v) is 8.95. The van der Waals surface area contributed by atoms with E-state index in [9.17, 15) is 9.90 Å². The van der Waals surface area contributed by atoms with E-state index < -0.39 is 11.5 Å². The van der Waals surface area contributed by atoms with Crippen molar-refractivity contribution in [3.8, 4) is 0 Å². The van der Waals surface area contributed by atoms with Crippen LogP contribution in [-0.2, 0) is 10.2 Å². The number of amides is 1. The molecule has 1 saturated heterocycles. The van der Waals surface area contributed by atoms with Crippen LogP contribution >= 0.6 is 24.0 Å². The molecular weight excluding hydrogens is 347 g/mol. The summed E-state index contributed by atoms with van der Waals surface area (Å²) in [6.45, 7) is 1.37. The van der Waals surface area contributed by atoms with Crippen LogP contribution < -0.4 is 10.6 Å². The Morgan fingerprint density at radius 2 is 1.88 bits per heavy atom. The van der Waals surface area contributed by atoms with Gasteiger partial charge in [0, 0.05) is 11.6 Å². The fraction of sp³-hybridized carbons (Fsp3) is 0.611. The second-order valence-corrected chi connectivity index (χ2v) is 7.23. The Labute approximate surface area is 154 Å². The van der Waals surface area contributed by atoms with Crippen LogP contribution in [0.25, 0.3) is 0 Å². The number of hydrogen-bond donors (Lipinski definition) is 3. The zero-order valence-electron chi connectivity index (χ0n) is 13.8. The van der Waals surface area contributed by atoms with Crippen molar-refractivity contribution in [1.29, 1.82) is 0 Å². The van der Waals surface area contributed by atoms with Crippen molar-refractivity contribution in [2.45, 2.75) is 56.1 Å². The monoisotopic (exact) mass is 372 g/mol. The zero-order valence-corrected chi connectivity index (χ0v) is 15.3. The molecule has 1 aromatic carbocycles. The minimum atomic E-state index is -0.515. The maximum atomic E-state index is 13.1. The standard InChI is InChI=1S/C18H25ClN2O2.ClH/c19-14-6-4-13(5-7-14)18(9-2-1-3-10-18)17(23)21-15-8-11-20-12-16(15)22;/h4-7,15-16,20,22H,1-3,8-12H2,(H,21,23);1H/t15-,16-;/m1./s1. The Bertz CT molecular complexity index is 544. The maximum absolute atomic E-state index is 13.1. The number of carbonyl (C=O) groups is 1. The highest BCUT2D eigenvalue weighted by Gasteiger charge is 2.42. The number of carbonyl (C=O) groups excluding carboxylic acids is 1. The molecule has 1 aliphatic carbocycles. The number of benzene rings is 1. The highest BCUT2D eigenvalue weighted by molar-refractivity contribution is 6.30. The van der Waals surface area contributed by atoms with Gasteiger partial charge in [0.1, 0.15) is 0 Å². The molecule has 1 aromatic rings. The zero-order chi connectivity index (χ0) is 16.3. The van der Waals surface area contributed by atoms with E-state index in [1.807, 2.05) is 24.3 Å². The first kappa shape index (κ1) is 19.5. The Kier molecular flexibility index (Phi) is 6.93. The summed E-state index contributed by atoms with van der Waals surface area (Å²) in [7, 11) is 0. The third-order valence-corrected chi connectivity index (χ3v) is 5.56. The fourth-order valence-corrected chi connectivity index (χ4v) is 4.01. The van der Waals surface area contributed by atoms with Crippen LogP contribution in [0.3, 0.4) is 0 Å².